The highest BCUT2D eigenvalue weighted by atomic mass is 35.5. The summed E-state index contributed by atoms with van der Waals surface area (Å²) in [5.41, 5.74) is -0.671. The van der Waals surface area contributed by atoms with Crippen LogP contribution in [0.5, 0.6) is 0 Å². The summed E-state index contributed by atoms with van der Waals surface area (Å²) in [5, 5.41) is 5.43. The van der Waals surface area contributed by atoms with Crippen molar-refractivity contribution in [2.24, 2.45) is 0 Å². The molecule has 20 heavy (non-hydrogen) atoms. The third-order valence-electron chi connectivity index (χ3n) is 2.61. The first kappa shape index (κ1) is 16.8. The minimum Gasteiger partial charge on any atom is -0.325 e. The molecule has 1 amide bonds. The van der Waals surface area contributed by atoms with Crippen molar-refractivity contribution in [2.45, 2.75) is 32.5 Å². The monoisotopic (exact) mass is 308 g/mol. The Morgan fingerprint density at radius 1 is 1.40 bits per heavy atom. The summed E-state index contributed by atoms with van der Waals surface area (Å²) in [4.78, 5) is 11.7. The van der Waals surface area contributed by atoms with Gasteiger partial charge < -0.3 is 10.6 Å². The molecule has 0 aliphatic heterocycles. The largest absolute Gasteiger partial charge is 0.416 e. The number of benzene rings is 1. The smallest absolute Gasteiger partial charge is 0.325 e. The Bertz CT molecular complexity index is 477. The molecule has 0 saturated heterocycles. The summed E-state index contributed by atoms with van der Waals surface area (Å²) in [5.74, 6) is -0.305. The molecule has 0 aromatic heterocycles. The van der Waals surface area contributed by atoms with E-state index in [0.717, 1.165) is 24.7 Å². The predicted molar refractivity (Wildman–Crippen MR) is 72.8 cm³/mol. The van der Waals surface area contributed by atoms with E-state index >= 15 is 0 Å². The molecule has 1 aromatic carbocycles. The molecule has 1 aromatic rings. The van der Waals surface area contributed by atoms with Gasteiger partial charge in [0.05, 0.1) is 16.3 Å². The predicted octanol–water partition coefficient (Wildman–Crippen LogP) is 3.69. The van der Waals surface area contributed by atoms with Gasteiger partial charge in [-0.15, -0.1) is 0 Å². The number of hydrogen-bond acceptors (Lipinski definition) is 2. The van der Waals surface area contributed by atoms with Gasteiger partial charge in [-0.3, -0.25) is 4.79 Å². The standard InChI is InChI=1S/C13H16ClF3N2O/c1-3-18-8(2)6-12(20)19-11-5-4-9(7-10(11)14)13(15,16)17/h4-5,7-8,18H,3,6H2,1-2H3,(H,19,20). The van der Waals surface area contributed by atoms with Crippen molar-refractivity contribution < 1.29 is 18.0 Å². The number of carbonyl (C=O) groups is 1. The zero-order valence-corrected chi connectivity index (χ0v) is 11.9. The molecule has 0 bridgehead atoms. The first-order valence-corrected chi connectivity index (χ1v) is 6.51. The molecule has 1 unspecified atom stereocenters. The van der Waals surface area contributed by atoms with E-state index in [1.807, 2.05) is 13.8 Å². The van der Waals surface area contributed by atoms with E-state index in [0.29, 0.717) is 0 Å². The fourth-order valence-corrected chi connectivity index (χ4v) is 1.92. The molecule has 112 valence electrons. The fourth-order valence-electron chi connectivity index (χ4n) is 1.69. The number of hydrogen-bond donors (Lipinski definition) is 2. The zero-order chi connectivity index (χ0) is 15.3. The Balaban J connectivity index is 2.72. The Hall–Kier alpha value is -1.27. The van der Waals surface area contributed by atoms with E-state index in [9.17, 15) is 18.0 Å². The minimum absolute atomic E-state index is 0.0202. The number of halogens is 4. The average molecular weight is 309 g/mol. The molecule has 1 atom stereocenters. The summed E-state index contributed by atoms with van der Waals surface area (Å²) in [6.07, 6.45) is -4.24. The van der Waals surface area contributed by atoms with Gasteiger partial charge in [0.1, 0.15) is 0 Å². The average Bonchev–Trinajstić information content (AvgIpc) is 2.30. The third kappa shape index (κ3) is 5.02. The van der Waals surface area contributed by atoms with Crippen molar-refractivity contribution in [1.82, 2.24) is 5.32 Å². The Kier molecular flexibility index (Phi) is 5.83. The highest BCUT2D eigenvalue weighted by Crippen LogP contribution is 2.33. The maximum atomic E-state index is 12.5. The summed E-state index contributed by atoms with van der Waals surface area (Å²) < 4.78 is 37.4. The SMILES string of the molecule is CCNC(C)CC(=O)Nc1ccc(C(F)(F)F)cc1Cl. The van der Waals surface area contributed by atoms with Crippen molar-refractivity contribution in [1.29, 1.82) is 0 Å². The summed E-state index contributed by atoms with van der Waals surface area (Å²) in [7, 11) is 0. The molecule has 1 rings (SSSR count). The second-order valence-electron chi connectivity index (χ2n) is 4.40. The fraction of sp³-hybridized carbons (Fsp3) is 0.462. The van der Waals surface area contributed by atoms with Crippen molar-refractivity contribution >= 4 is 23.2 Å². The molecular formula is C13H16ClF3N2O. The highest BCUT2D eigenvalue weighted by Gasteiger charge is 2.31. The minimum atomic E-state index is -4.45. The van der Waals surface area contributed by atoms with Crippen LogP contribution >= 0.6 is 11.6 Å². The van der Waals surface area contributed by atoms with E-state index in [4.69, 9.17) is 11.6 Å². The van der Waals surface area contributed by atoms with Crippen molar-refractivity contribution in [3.8, 4) is 0 Å². The van der Waals surface area contributed by atoms with E-state index in [1.54, 1.807) is 0 Å². The van der Waals surface area contributed by atoms with Crippen LogP contribution < -0.4 is 10.6 Å². The maximum absolute atomic E-state index is 12.5. The quantitative estimate of drug-likeness (QED) is 0.871. The first-order chi connectivity index (χ1) is 9.24. The summed E-state index contributed by atoms with van der Waals surface area (Å²) in [6.45, 7) is 4.49. The number of amides is 1. The normalized spacial score (nSPS) is 13.1. The molecule has 2 N–H and O–H groups in total. The molecule has 0 heterocycles. The number of carbonyl (C=O) groups excluding carboxylic acids is 1. The van der Waals surface area contributed by atoms with Crippen molar-refractivity contribution in [2.75, 3.05) is 11.9 Å². The van der Waals surface area contributed by atoms with Crippen LogP contribution in [0.15, 0.2) is 18.2 Å². The van der Waals surface area contributed by atoms with Gasteiger partial charge in [-0.25, -0.2) is 0 Å². The second kappa shape index (κ2) is 6.95. The number of nitrogens with one attached hydrogen (secondary N) is 2. The van der Waals surface area contributed by atoms with Gasteiger partial charge in [-0.1, -0.05) is 18.5 Å². The molecule has 7 heteroatoms. The molecule has 0 aliphatic rings. The van der Waals surface area contributed by atoms with Crippen LogP contribution in [0.3, 0.4) is 0 Å². The molecule has 0 fully saturated rings. The Morgan fingerprint density at radius 2 is 2.05 bits per heavy atom. The van der Waals surface area contributed by atoms with Gasteiger partial charge in [0, 0.05) is 12.5 Å². The molecule has 0 radical (unpaired) electrons. The Labute approximate surface area is 120 Å². The van der Waals surface area contributed by atoms with Gasteiger partial charge in [-0.05, 0) is 31.7 Å². The summed E-state index contributed by atoms with van der Waals surface area (Å²) >= 11 is 5.75. The van der Waals surface area contributed by atoms with E-state index in [2.05, 4.69) is 10.6 Å². The molecule has 0 aliphatic carbocycles. The zero-order valence-electron chi connectivity index (χ0n) is 11.1. The first-order valence-electron chi connectivity index (χ1n) is 6.14. The topological polar surface area (TPSA) is 41.1 Å². The molecule has 0 saturated carbocycles. The number of anilines is 1. The van der Waals surface area contributed by atoms with E-state index in [-0.39, 0.29) is 29.1 Å². The van der Waals surface area contributed by atoms with Gasteiger partial charge in [-0.2, -0.15) is 13.2 Å². The lowest BCUT2D eigenvalue weighted by molar-refractivity contribution is -0.137. The molecule has 3 nitrogen and oxygen atoms in total. The summed E-state index contributed by atoms with van der Waals surface area (Å²) in [6, 6.07) is 2.81. The third-order valence-corrected chi connectivity index (χ3v) is 2.93. The van der Waals surface area contributed by atoms with E-state index in [1.165, 1.54) is 0 Å². The molecular weight excluding hydrogens is 293 g/mol. The van der Waals surface area contributed by atoms with Crippen LogP contribution in [0.1, 0.15) is 25.8 Å². The number of alkyl halides is 3. The van der Waals surface area contributed by atoms with E-state index < -0.39 is 11.7 Å². The van der Waals surface area contributed by atoms with Crippen LogP contribution in [-0.2, 0) is 11.0 Å². The van der Waals surface area contributed by atoms with Crippen LogP contribution in [0.2, 0.25) is 5.02 Å². The lowest BCUT2D eigenvalue weighted by atomic mass is 10.2. The van der Waals surface area contributed by atoms with Crippen LogP contribution in [-0.4, -0.2) is 18.5 Å². The van der Waals surface area contributed by atoms with Crippen molar-refractivity contribution in [3.05, 3.63) is 28.8 Å². The van der Waals surface area contributed by atoms with Gasteiger partial charge in [0.15, 0.2) is 0 Å². The van der Waals surface area contributed by atoms with Crippen molar-refractivity contribution in [3.63, 3.8) is 0 Å². The number of rotatable bonds is 5. The molecule has 0 spiro atoms. The maximum Gasteiger partial charge on any atom is 0.416 e. The van der Waals surface area contributed by atoms with Gasteiger partial charge >= 0.3 is 6.18 Å². The van der Waals surface area contributed by atoms with Gasteiger partial charge in [0.25, 0.3) is 0 Å². The van der Waals surface area contributed by atoms with Crippen LogP contribution in [0.4, 0.5) is 18.9 Å². The van der Waals surface area contributed by atoms with Gasteiger partial charge in [0.2, 0.25) is 5.91 Å². The Morgan fingerprint density at radius 3 is 2.55 bits per heavy atom. The lowest BCUT2D eigenvalue weighted by Crippen LogP contribution is -2.30. The second-order valence-corrected chi connectivity index (χ2v) is 4.81. The van der Waals surface area contributed by atoms with Crippen LogP contribution in [0.25, 0.3) is 0 Å². The highest BCUT2D eigenvalue weighted by molar-refractivity contribution is 6.33. The van der Waals surface area contributed by atoms with Crippen LogP contribution in [0, 0.1) is 0 Å². The lowest BCUT2D eigenvalue weighted by Gasteiger charge is -2.14.